The molecule has 7 nitrogen and oxygen atoms in total. The summed E-state index contributed by atoms with van der Waals surface area (Å²) in [5, 5.41) is 8.50. The summed E-state index contributed by atoms with van der Waals surface area (Å²) in [4.78, 5) is 0. The predicted octanol–water partition coefficient (Wildman–Crippen LogP) is -2.03. The van der Waals surface area contributed by atoms with Crippen LogP contribution in [0.3, 0.4) is 0 Å². The Morgan fingerprint density at radius 1 is 1.50 bits per heavy atom. The van der Waals surface area contributed by atoms with Gasteiger partial charge in [0, 0.05) is 10.4 Å². The fraction of sp³-hybridized carbons (Fsp3) is 0.500. The third-order valence-corrected chi connectivity index (χ3v) is 1.18. The van der Waals surface area contributed by atoms with Gasteiger partial charge in [0.25, 0.3) is 0 Å². The molecule has 0 atom stereocenters. The lowest BCUT2D eigenvalue weighted by Gasteiger charge is -2.06. The molecule has 14 heavy (non-hydrogen) atoms. The summed E-state index contributed by atoms with van der Waals surface area (Å²) in [5.41, 5.74) is 0. The summed E-state index contributed by atoms with van der Waals surface area (Å²) in [7, 11) is -3.21. The van der Waals surface area contributed by atoms with E-state index >= 15 is 0 Å². The molecule has 0 bridgehead atoms. The van der Waals surface area contributed by atoms with E-state index in [1.807, 2.05) is 34.9 Å². The molecule has 8 heteroatoms. The first-order valence-corrected chi connectivity index (χ1v) is 4.95. The fourth-order valence-corrected chi connectivity index (χ4v) is 0.749. The van der Waals surface area contributed by atoms with Gasteiger partial charge in [0.15, 0.2) is 0 Å². The molecule has 1 heterocycles. The average Bonchev–Trinajstić information content (AvgIpc) is 2.32. The number of imidazole rings is 1. The summed E-state index contributed by atoms with van der Waals surface area (Å²) >= 11 is 0. The molecule has 1 rings (SSSR count). The summed E-state index contributed by atoms with van der Waals surface area (Å²) in [6.45, 7) is 0.884. The number of aryl methyl sites for hydroxylation is 1. The van der Waals surface area contributed by atoms with Gasteiger partial charge in [-0.15, -0.1) is 0 Å². The largest absolute Gasteiger partial charge is 0.759 e. The maximum atomic E-state index is 8.52. The van der Waals surface area contributed by atoms with Crippen molar-refractivity contribution in [2.45, 2.75) is 6.54 Å². The normalized spacial score (nSPS) is 10.6. The molecule has 0 amide bonds. The third-order valence-electron chi connectivity index (χ3n) is 1.18. The van der Waals surface area contributed by atoms with Gasteiger partial charge in [-0.1, -0.05) is 0 Å². The summed E-state index contributed by atoms with van der Waals surface area (Å²) < 4.78 is 38.0. The van der Waals surface area contributed by atoms with Crippen molar-refractivity contribution in [3.63, 3.8) is 0 Å². The molecule has 0 spiro atoms. The minimum atomic E-state index is -5.17. The summed E-state index contributed by atoms with van der Waals surface area (Å²) in [6.07, 6.45) is 5.79. The van der Waals surface area contributed by atoms with E-state index < -0.39 is 10.4 Å². The molecule has 0 radical (unpaired) electrons. The van der Waals surface area contributed by atoms with E-state index in [9.17, 15) is 0 Å². The van der Waals surface area contributed by atoms with Crippen LogP contribution < -0.4 is 4.57 Å². The maximum Gasteiger partial charge on any atom is 0.243 e. The van der Waals surface area contributed by atoms with Gasteiger partial charge in [-0.05, 0) is 0 Å². The maximum absolute atomic E-state index is 8.52. The van der Waals surface area contributed by atoms with Gasteiger partial charge in [0.2, 0.25) is 6.33 Å². The zero-order valence-corrected chi connectivity index (χ0v) is 8.35. The first-order valence-electron chi connectivity index (χ1n) is 3.61. The van der Waals surface area contributed by atoms with Crippen LogP contribution in [0.2, 0.25) is 0 Å². The monoisotopic (exact) mass is 223 g/mol. The Kier molecular flexibility index (Phi) is 5.31. The Bertz CT molecular complexity index is 350. The van der Waals surface area contributed by atoms with Crippen molar-refractivity contribution in [3.8, 4) is 0 Å². The third kappa shape index (κ3) is 9.13. The highest BCUT2D eigenvalue weighted by molar-refractivity contribution is 7.79. The smallest absolute Gasteiger partial charge is 0.243 e. The minimum Gasteiger partial charge on any atom is -0.759 e. The van der Waals surface area contributed by atoms with Crippen LogP contribution in [-0.2, 0) is 24.0 Å². The lowest BCUT2D eigenvalue weighted by Crippen LogP contribution is -2.23. The van der Waals surface area contributed by atoms with Crippen LogP contribution >= 0.6 is 0 Å². The highest BCUT2D eigenvalue weighted by Gasteiger charge is 1.95. The van der Waals surface area contributed by atoms with Crippen LogP contribution in [0.15, 0.2) is 18.7 Å². The van der Waals surface area contributed by atoms with Crippen LogP contribution in [0.25, 0.3) is 0 Å². The number of nitrogens with zero attached hydrogens (tertiary/aromatic N) is 2. The van der Waals surface area contributed by atoms with Gasteiger partial charge in [0.05, 0.1) is 13.7 Å². The van der Waals surface area contributed by atoms with E-state index in [2.05, 4.69) is 0 Å². The molecule has 1 aromatic heterocycles. The van der Waals surface area contributed by atoms with Gasteiger partial charge in [0.1, 0.15) is 18.9 Å². The molecule has 1 N–H and O–H groups in total. The molecule has 0 aliphatic rings. The van der Waals surface area contributed by atoms with Crippen molar-refractivity contribution in [3.05, 3.63) is 18.7 Å². The molecular formula is C6H11N2O5S-. The molecule has 0 aliphatic carbocycles. The highest BCUT2D eigenvalue weighted by Crippen LogP contribution is 1.80. The Balaban J connectivity index is 0.000000292. The fourth-order valence-electron chi connectivity index (χ4n) is 0.749. The summed E-state index contributed by atoms with van der Waals surface area (Å²) in [5.74, 6) is 0. The van der Waals surface area contributed by atoms with E-state index in [0.717, 1.165) is 0 Å². The summed E-state index contributed by atoms with van der Waals surface area (Å²) in [6, 6.07) is 0. The second-order valence-corrected chi connectivity index (χ2v) is 3.27. The molecule has 82 valence electrons. The molecule has 0 aliphatic heterocycles. The van der Waals surface area contributed by atoms with Crippen LogP contribution in [0.5, 0.6) is 0 Å². The van der Waals surface area contributed by atoms with Crippen LogP contribution in [-0.4, -0.2) is 33.8 Å². The van der Waals surface area contributed by atoms with Gasteiger partial charge >= 0.3 is 0 Å². The predicted molar refractivity (Wildman–Crippen MR) is 43.2 cm³/mol. The topological polar surface area (TPSA) is 109 Å². The number of rotatable bonds is 2. The number of aromatic nitrogens is 2. The Morgan fingerprint density at radius 3 is 2.29 bits per heavy atom. The van der Waals surface area contributed by atoms with Gasteiger partial charge in [-0.25, -0.2) is 9.13 Å². The quantitative estimate of drug-likeness (QED) is 0.353. The molecule has 1 aromatic rings. The van der Waals surface area contributed by atoms with Gasteiger partial charge in [-0.2, -0.15) is 0 Å². The van der Waals surface area contributed by atoms with E-state index in [-0.39, 0.29) is 6.61 Å². The van der Waals surface area contributed by atoms with Crippen molar-refractivity contribution in [1.82, 2.24) is 4.57 Å². The molecule has 0 saturated heterocycles. The van der Waals surface area contributed by atoms with Crippen LogP contribution in [0, 0.1) is 0 Å². The standard InChI is InChI=1S/C6H11N2O.H2O4S/c1-7-2-3-8(6-7)4-5-9;1-5(2,3)4/h2-3,6,9H,4-5H2,1H3;(H2,1,2,3,4)/q+1;/p-2. The molecule has 0 fully saturated rings. The van der Waals surface area contributed by atoms with E-state index in [0.29, 0.717) is 6.54 Å². The van der Waals surface area contributed by atoms with Crippen LogP contribution in [0.1, 0.15) is 0 Å². The number of aliphatic hydroxyl groups is 1. The molecule has 0 aromatic carbocycles. The van der Waals surface area contributed by atoms with Crippen molar-refractivity contribution in [1.29, 1.82) is 0 Å². The van der Waals surface area contributed by atoms with Crippen molar-refractivity contribution >= 4 is 10.4 Å². The number of hydrogen-bond donors (Lipinski definition) is 1. The molecular weight excluding hydrogens is 212 g/mol. The van der Waals surface area contributed by atoms with Gasteiger partial charge < -0.3 is 14.2 Å². The second kappa shape index (κ2) is 5.70. The average molecular weight is 223 g/mol. The van der Waals surface area contributed by atoms with Crippen molar-refractivity contribution in [2.75, 3.05) is 6.61 Å². The minimum absolute atomic E-state index is 0.203. The lowest BCUT2D eigenvalue weighted by atomic mass is 10.7. The molecule has 0 saturated carbocycles. The SMILES string of the molecule is C[n+]1ccn(CCO)c1.O=S(=O)([O-])[O-]. The first-order chi connectivity index (χ1) is 6.33. The highest BCUT2D eigenvalue weighted by atomic mass is 32.3. The van der Waals surface area contributed by atoms with Crippen molar-refractivity contribution < 1.29 is 27.2 Å². The zero-order valence-electron chi connectivity index (χ0n) is 7.53. The first kappa shape index (κ1) is 13.0. The zero-order chi connectivity index (χ0) is 11.2. The van der Waals surface area contributed by atoms with E-state index in [1.165, 1.54) is 0 Å². The second-order valence-electron chi connectivity index (χ2n) is 2.45. The van der Waals surface area contributed by atoms with Crippen molar-refractivity contribution in [2.24, 2.45) is 7.05 Å². The van der Waals surface area contributed by atoms with Crippen LogP contribution in [0.4, 0.5) is 0 Å². The van der Waals surface area contributed by atoms with E-state index in [1.54, 1.807) is 0 Å². The van der Waals surface area contributed by atoms with Gasteiger partial charge in [-0.3, -0.25) is 8.42 Å². The Hall–Kier alpha value is -0.960. The number of aliphatic hydroxyl groups excluding tert-OH is 1. The molecule has 0 unspecified atom stereocenters. The van der Waals surface area contributed by atoms with E-state index in [4.69, 9.17) is 22.6 Å². The number of hydrogen-bond acceptors (Lipinski definition) is 5. The Morgan fingerprint density at radius 2 is 2.00 bits per heavy atom. The Labute approximate surface area is 81.8 Å². The lowest BCUT2D eigenvalue weighted by molar-refractivity contribution is -0.671.